The van der Waals surface area contributed by atoms with Crippen LogP contribution < -0.4 is 5.32 Å². The Morgan fingerprint density at radius 3 is 2.72 bits per heavy atom. The first-order valence-corrected chi connectivity index (χ1v) is 6.17. The first-order valence-electron chi connectivity index (χ1n) is 6.17. The zero-order valence-electron chi connectivity index (χ0n) is 10.7. The molecule has 0 saturated carbocycles. The molecule has 0 radical (unpaired) electrons. The minimum Gasteiger partial charge on any atom is -0.478 e. The van der Waals surface area contributed by atoms with Crippen LogP contribution in [0.4, 0.5) is 0 Å². The van der Waals surface area contributed by atoms with Crippen molar-refractivity contribution in [3.05, 3.63) is 23.7 Å². The van der Waals surface area contributed by atoms with E-state index in [9.17, 15) is 9.59 Å². The van der Waals surface area contributed by atoms with Gasteiger partial charge in [-0.2, -0.15) is 0 Å². The van der Waals surface area contributed by atoms with Crippen molar-refractivity contribution in [1.29, 1.82) is 0 Å². The van der Waals surface area contributed by atoms with Gasteiger partial charge in [-0.25, -0.2) is 4.79 Å². The second-order valence-corrected chi connectivity index (χ2v) is 4.38. The maximum absolute atomic E-state index is 11.7. The van der Waals surface area contributed by atoms with E-state index in [1.54, 1.807) is 0 Å². The van der Waals surface area contributed by atoms with E-state index >= 15 is 0 Å². The summed E-state index contributed by atoms with van der Waals surface area (Å²) < 4.78 is 4.92. The van der Waals surface area contributed by atoms with E-state index < -0.39 is 5.97 Å². The first kappa shape index (κ1) is 14.3. The average molecular weight is 253 g/mol. The van der Waals surface area contributed by atoms with Crippen LogP contribution in [-0.2, 0) is 0 Å². The highest BCUT2D eigenvalue weighted by Crippen LogP contribution is 2.09. The SMILES string of the molecule is CCCCCC(C)NC(=O)c1cc(C(=O)O)co1. The number of carbonyl (C=O) groups excluding carboxylic acids is 1. The average Bonchev–Trinajstić information content (AvgIpc) is 2.78. The van der Waals surface area contributed by atoms with Crippen LogP contribution in [0.1, 0.15) is 60.4 Å². The topological polar surface area (TPSA) is 79.5 Å². The van der Waals surface area contributed by atoms with Gasteiger partial charge in [0.2, 0.25) is 0 Å². The monoisotopic (exact) mass is 253 g/mol. The first-order chi connectivity index (χ1) is 8.54. The molecule has 0 saturated heterocycles. The molecule has 1 rings (SSSR count). The molecule has 2 N–H and O–H groups in total. The van der Waals surface area contributed by atoms with Crippen molar-refractivity contribution in [3.8, 4) is 0 Å². The molecule has 0 aliphatic heterocycles. The Balaban J connectivity index is 2.46. The Morgan fingerprint density at radius 1 is 1.44 bits per heavy atom. The lowest BCUT2D eigenvalue weighted by Crippen LogP contribution is -2.32. The van der Waals surface area contributed by atoms with Crippen LogP contribution >= 0.6 is 0 Å². The van der Waals surface area contributed by atoms with Gasteiger partial charge in [0, 0.05) is 12.1 Å². The predicted molar refractivity (Wildman–Crippen MR) is 66.7 cm³/mol. The Bertz CT molecular complexity index is 411. The molecule has 1 atom stereocenters. The van der Waals surface area contributed by atoms with E-state index in [0.29, 0.717) is 0 Å². The molecule has 1 heterocycles. The molecule has 100 valence electrons. The molecule has 1 unspecified atom stereocenters. The molecule has 0 aliphatic rings. The van der Waals surface area contributed by atoms with E-state index in [1.807, 2.05) is 6.92 Å². The summed E-state index contributed by atoms with van der Waals surface area (Å²) in [6, 6.07) is 1.29. The van der Waals surface area contributed by atoms with Gasteiger partial charge in [0.05, 0.1) is 5.56 Å². The summed E-state index contributed by atoms with van der Waals surface area (Å²) in [6.07, 6.45) is 5.33. The maximum Gasteiger partial charge on any atom is 0.338 e. The van der Waals surface area contributed by atoms with Gasteiger partial charge in [-0.3, -0.25) is 4.79 Å². The standard InChI is InChI=1S/C13H19NO4/c1-3-4-5-6-9(2)14-12(15)11-7-10(8-18-11)13(16)17/h7-9H,3-6H2,1-2H3,(H,14,15)(H,16,17). The van der Waals surface area contributed by atoms with Crippen LogP contribution in [0.5, 0.6) is 0 Å². The van der Waals surface area contributed by atoms with E-state index in [2.05, 4.69) is 12.2 Å². The molecule has 0 fully saturated rings. The molecule has 0 bridgehead atoms. The van der Waals surface area contributed by atoms with E-state index in [0.717, 1.165) is 31.9 Å². The lowest BCUT2D eigenvalue weighted by atomic mass is 10.1. The zero-order chi connectivity index (χ0) is 13.5. The van der Waals surface area contributed by atoms with Crippen molar-refractivity contribution in [2.24, 2.45) is 0 Å². The molecule has 0 aliphatic carbocycles. The van der Waals surface area contributed by atoms with E-state index in [1.165, 1.54) is 6.07 Å². The number of hydrogen-bond acceptors (Lipinski definition) is 3. The minimum absolute atomic E-state index is 0.0150. The Labute approximate surface area is 106 Å². The highest BCUT2D eigenvalue weighted by atomic mass is 16.4. The van der Waals surface area contributed by atoms with Crippen LogP contribution in [-0.4, -0.2) is 23.0 Å². The minimum atomic E-state index is -1.10. The number of nitrogens with one attached hydrogen (secondary N) is 1. The van der Waals surface area contributed by atoms with Crippen LogP contribution in [0.25, 0.3) is 0 Å². The zero-order valence-corrected chi connectivity index (χ0v) is 10.7. The highest BCUT2D eigenvalue weighted by Gasteiger charge is 2.16. The van der Waals surface area contributed by atoms with Crippen LogP contribution in [0.2, 0.25) is 0 Å². The third-order valence-electron chi connectivity index (χ3n) is 2.69. The number of aromatic carboxylic acids is 1. The molecular formula is C13H19NO4. The van der Waals surface area contributed by atoms with Gasteiger partial charge in [0.1, 0.15) is 6.26 Å². The lowest BCUT2D eigenvalue weighted by molar-refractivity contribution is 0.0695. The smallest absolute Gasteiger partial charge is 0.338 e. The fraction of sp³-hybridized carbons (Fsp3) is 0.538. The molecule has 5 nitrogen and oxygen atoms in total. The normalized spacial score (nSPS) is 12.1. The maximum atomic E-state index is 11.7. The summed E-state index contributed by atoms with van der Waals surface area (Å²) in [6.45, 7) is 4.05. The van der Waals surface area contributed by atoms with Crippen molar-refractivity contribution < 1.29 is 19.1 Å². The van der Waals surface area contributed by atoms with E-state index in [4.69, 9.17) is 9.52 Å². The number of unbranched alkanes of at least 4 members (excludes halogenated alkanes) is 2. The van der Waals surface area contributed by atoms with Crippen LogP contribution in [0.3, 0.4) is 0 Å². The fourth-order valence-electron chi connectivity index (χ4n) is 1.64. The Kier molecular flexibility index (Phi) is 5.42. The number of rotatable bonds is 7. The number of carbonyl (C=O) groups is 2. The number of carboxylic acid groups (broad SMARTS) is 1. The molecule has 1 amide bonds. The number of carboxylic acids is 1. The quantitative estimate of drug-likeness (QED) is 0.732. The second-order valence-electron chi connectivity index (χ2n) is 4.38. The van der Waals surface area contributed by atoms with Crippen molar-refractivity contribution in [2.75, 3.05) is 0 Å². The summed E-state index contributed by atoms with van der Waals surface area (Å²) in [5, 5.41) is 11.5. The van der Waals surface area contributed by atoms with Crippen LogP contribution in [0, 0.1) is 0 Å². The van der Waals surface area contributed by atoms with Crippen molar-refractivity contribution in [2.45, 2.75) is 45.6 Å². The summed E-state index contributed by atoms with van der Waals surface area (Å²) in [4.78, 5) is 22.4. The highest BCUT2D eigenvalue weighted by molar-refractivity contribution is 5.95. The second kappa shape index (κ2) is 6.83. The van der Waals surface area contributed by atoms with Gasteiger partial charge < -0.3 is 14.8 Å². The third kappa shape index (κ3) is 4.24. The molecule has 1 aromatic heterocycles. The Morgan fingerprint density at radius 2 is 2.17 bits per heavy atom. The van der Waals surface area contributed by atoms with Gasteiger partial charge in [0.15, 0.2) is 5.76 Å². The third-order valence-corrected chi connectivity index (χ3v) is 2.69. The molecule has 18 heavy (non-hydrogen) atoms. The van der Waals surface area contributed by atoms with Crippen molar-refractivity contribution in [1.82, 2.24) is 5.32 Å². The molecule has 5 heteroatoms. The van der Waals surface area contributed by atoms with Crippen molar-refractivity contribution >= 4 is 11.9 Å². The molecule has 0 aromatic carbocycles. The number of furan rings is 1. The van der Waals surface area contributed by atoms with Gasteiger partial charge >= 0.3 is 5.97 Å². The van der Waals surface area contributed by atoms with Gasteiger partial charge in [-0.15, -0.1) is 0 Å². The largest absolute Gasteiger partial charge is 0.478 e. The Hall–Kier alpha value is -1.78. The lowest BCUT2D eigenvalue weighted by Gasteiger charge is -2.12. The summed E-state index contributed by atoms with van der Waals surface area (Å²) in [7, 11) is 0. The predicted octanol–water partition coefficient (Wildman–Crippen LogP) is 2.68. The molecule has 0 spiro atoms. The number of amides is 1. The fourth-order valence-corrected chi connectivity index (χ4v) is 1.64. The van der Waals surface area contributed by atoms with E-state index in [-0.39, 0.29) is 23.3 Å². The molecule has 1 aromatic rings. The summed E-state index contributed by atoms with van der Waals surface area (Å²) in [5.41, 5.74) is -0.0150. The molecular weight excluding hydrogens is 234 g/mol. The van der Waals surface area contributed by atoms with Gasteiger partial charge in [-0.1, -0.05) is 26.2 Å². The van der Waals surface area contributed by atoms with Gasteiger partial charge in [0.25, 0.3) is 5.91 Å². The summed E-state index contributed by atoms with van der Waals surface area (Å²) >= 11 is 0. The van der Waals surface area contributed by atoms with Crippen molar-refractivity contribution in [3.63, 3.8) is 0 Å². The summed E-state index contributed by atoms with van der Waals surface area (Å²) in [5.74, 6) is -1.44. The van der Waals surface area contributed by atoms with Gasteiger partial charge in [-0.05, 0) is 13.3 Å². The number of hydrogen-bond donors (Lipinski definition) is 2. The van der Waals surface area contributed by atoms with Crippen LogP contribution in [0.15, 0.2) is 16.7 Å².